The molecule has 2 atom stereocenters. The molecular formula is C34H38F3N5O4SSi. The Morgan fingerprint density at radius 2 is 1.92 bits per heavy atom. The highest BCUT2D eigenvalue weighted by atomic mass is 32.2. The molecule has 0 aliphatic heterocycles. The molecule has 1 amide bonds. The van der Waals surface area contributed by atoms with Gasteiger partial charge in [-0.15, -0.1) is 0 Å². The standard InChI is InChI=1S/C34H38F3N5O4SSi/c1-22-8-7-14-33(3,19-22)47(44,45)42-15-13-26-25(11-9-23(2)30(26)42)29(40-32(43)34(35,36)37)31-39-27-12-10-24(20-38)18-28(27)41(31)21-46-16-17-48(4,5)6/h7-13,15,18-19,29H,14,16-17,21H2,1-6H3,(H,40,43). The minimum atomic E-state index is -5.22. The van der Waals surface area contributed by atoms with Crippen LogP contribution in [0.5, 0.6) is 0 Å². The first kappa shape index (κ1) is 35.1. The van der Waals surface area contributed by atoms with Gasteiger partial charge in [-0.05, 0) is 68.6 Å². The lowest BCUT2D eigenvalue weighted by Crippen LogP contribution is -2.40. The Bertz CT molecular complexity index is 2120. The first-order chi connectivity index (χ1) is 22.4. The number of ether oxygens (including phenoxy) is 1. The van der Waals surface area contributed by atoms with Gasteiger partial charge in [0, 0.05) is 26.3 Å². The lowest BCUT2D eigenvalue weighted by molar-refractivity contribution is -0.174. The number of halogens is 3. The van der Waals surface area contributed by atoms with Crippen LogP contribution in [0.2, 0.25) is 25.7 Å². The van der Waals surface area contributed by atoms with Gasteiger partial charge in [-0.2, -0.15) is 18.4 Å². The van der Waals surface area contributed by atoms with E-state index in [4.69, 9.17) is 4.74 Å². The number of allylic oxidation sites excluding steroid dienone is 3. The molecule has 48 heavy (non-hydrogen) atoms. The number of amides is 1. The van der Waals surface area contributed by atoms with E-state index in [0.717, 1.165) is 11.6 Å². The summed E-state index contributed by atoms with van der Waals surface area (Å²) in [5.74, 6) is -2.15. The lowest BCUT2D eigenvalue weighted by atomic mass is 9.98. The van der Waals surface area contributed by atoms with E-state index < -0.39 is 41.0 Å². The SMILES string of the molecule is CC1=CC(C)(S(=O)(=O)n2ccc3c(C(NC(=O)C(F)(F)F)c4nc5ccc(C#N)cc5n4COCC[Si](C)(C)C)ccc(C)c32)CC=C1. The van der Waals surface area contributed by atoms with Gasteiger partial charge in [-0.25, -0.2) is 17.4 Å². The fourth-order valence-corrected chi connectivity index (χ4v) is 8.49. The molecule has 2 heterocycles. The summed E-state index contributed by atoms with van der Waals surface area (Å²) in [5.41, 5.74) is 2.98. The Kier molecular flexibility index (Phi) is 9.28. The molecule has 1 aliphatic carbocycles. The summed E-state index contributed by atoms with van der Waals surface area (Å²) >= 11 is 0. The summed E-state index contributed by atoms with van der Waals surface area (Å²) in [4.78, 5) is 17.3. The van der Waals surface area contributed by atoms with E-state index in [1.54, 1.807) is 60.9 Å². The van der Waals surface area contributed by atoms with E-state index in [-0.39, 0.29) is 30.1 Å². The molecule has 1 N–H and O–H groups in total. The predicted molar refractivity (Wildman–Crippen MR) is 182 cm³/mol. The second kappa shape index (κ2) is 12.7. The van der Waals surface area contributed by atoms with E-state index in [1.807, 2.05) is 13.0 Å². The molecule has 0 saturated heterocycles. The number of carbonyl (C=O) groups is 1. The summed E-state index contributed by atoms with van der Waals surface area (Å²) in [6, 6.07) is 10.8. The second-order valence-corrected chi connectivity index (χ2v) is 21.5. The Hall–Kier alpha value is -4.19. The number of nitriles is 1. The number of nitrogens with zero attached hydrogens (tertiary/aromatic N) is 4. The molecule has 2 unspecified atom stereocenters. The Labute approximate surface area is 278 Å². The highest BCUT2D eigenvalue weighted by Crippen LogP contribution is 2.38. The van der Waals surface area contributed by atoms with Gasteiger partial charge in [0.15, 0.2) is 0 Å². The van der Waals surface area contributed by atoms with E-state index >= 15 is 0 Å². The highest BCUT2D eigenvalue weighted by molar-refractivity contribution is 7.91. The molecule has 9 nitrogen and oxygen atoms in total. The van der Waals surface area contributed by atoms with Crippen molar-refractivity contribution in [2.24, 2.45) is 0 Å². The number of aryl methyl sites for hydroxylation is 1. The summed E-state index contributed by atoms with van der Waals surface area (Å²) in [7, 11) is -5.55. The molecule has 14 heteroatoms. The minimum Gasteiger partial charge on any atom is -0.361 e. The van der Waals surface area contributed by atoms with Gasteiger partial charge < -0.3 is 14.6 Å². The summed E-state index contributed by atoms with van der Waals surface area (Å²) in [5, 5.41) is 12.0. The van der Waals surface area contributed by atoms with Crippen molar-refractivity contribution in [1.29, 1.82) is 5.26 Å². The number of rotatable bonds is 10. The quantitative estimate of drug-likeness (QED) is 0.140. The van der Waals surface area contributed by atoms with Gasteiger partial charge in [0.25, 0.3) is 0 Å². The third-order valence-corrected chi connectivity index (χ3v) is 12.5. The number of hydrogen-bond donors (Lipinski definition) is 1. The van der Waals surface area contributed by atoms with Gasteiger partial charge in [0.1, 0.15) is 23.3 Å². The normalized spacial score (nSPS) is 17.8. The number of carbonyl (C=O) groups excluding carboxylic acids is 1. The van der Waals surface area contributed by atoms with Crippen LogP contribution in [0, 0.1) is 18.3 Å². The third kappa shape index (κ3) is 6.72. The average Bonchev–Trinajstić information content (AvgIpc) is 3.60. The molecule has 0 saturated carbocycles. The third-order valence-electron chi connectivity index (χ3n) is 8.56. The number of hydrogen-bond acceptors (Lipinski definition) is 6. The van der Waals surface area contributed by atoms with Crippen LogP contribution in [-0.4, -0.2) is 53.5 Å². The fourth-order valence-electron chi connectivity index (χ4n) is 5.94. The Morgan fingerprint density at radius 1 is 1.19 bits per heavy atom. The monoisotopic (exact) mass is 697 g/mol. The van der Waals surface area contributed by atoms with Gasteiger partial charge in [0.2, 0.25) is 10.0 Å². The molecule has 0 fully saturated rings. The molecular weight excluding hydrogens is 660 g/mol. The number of benzene rings is 2. The first-order valence-corrected chi connectivity index (χ1v) is 20.6. The zero-order valence-corrected chi connectivity index (χ0v) is 29.5. The summed E-state index contributed by atoms with van der Waals surface area (Å²) in [6.07, 6.45) is 1.76. The smallest absolute Gasteiger partial charge is 0.361 e. The molecule has 0 bridgehead atoms. The number of fused-ring (bicyclic) bond motifs is 2. The van der Waals surface area contributed by atoms with Crippen LogP contribution in [0.3, 0.4) is 0 Å². The maximum absolute atomic E-state index is 14.2. The number of alkyl halides is 3. The maximum atomic E-state index is 14.2. The van der Waals surface area contributed by atoms with E-state index in [1.165, 1.54) is 16.2 Å². The molecule has 254 valence electrons. The molecule has 1 aliphatic rings. The first-order valence-electron chi connectivity index (χ1n) is 15.4. The number of aromatic nitrogens is 3. The van der Waals surface area contributed by atoms with Crippen LogP contribution >= 0.6 is 0 Å². The van der Waals surface area contributed by atoms with Crippen molar-refractivity contribution >= 4 is 45.9 Å². The summed E-state index contributed by atoms with van der Waals surface area (Å²) < 4.78 is 77.4. The van der Waals surface area contributed by atoms with E-state index in [0.29, 0.717) is 34.2 Å². The molecule has 2 aromatic heterocycles. The second-order valence-electron chi connectivity index (χ2n) is 13.6. The van der Waals surface area contributed by atoms with Crippen LogP contribution < -0.4 is 5.32 Å². The average molecular weight is 698 g/mol. The van der Waals surface area contributed by atoms with Gasteiger partial charge in [-0.3, -0.25) is 4.79 Å². The Balaban J connectivity index is 1.72. The molecule has 4 aromatic rings. The topological polar surface area (TPSA) is 119 Å². The largest absolute Gasteiger partial charge is 0.471 e. The van der Waals surface area contributed by atoms with Gasteiger partial charge in [0.05, 0.1) is 28.2 Å². The highest BCUT2D eigenvalue weighted by Gasteiger charge is 2.42. The maximum Gasteiger partial charge on any atom is 0.471 e. The molecule has 2 aromatic carbocycles. The minimum absolute atomic E-state index is 0.0365. The fraction of sp³-hybridized carbons (Fsp3) is 0.382. The van der Waals surface area contributed by atoms with Crippen molar-refractivity contribution in [1.82, 2.24) is 18.8 Å². The zero-order valence-electron chi connectivity index (χ0n) is 27.6. The molecule has 0 radical (unpaired) electrons. The van der Waals surface area contributed by atoms with Gasteiger partial charge in [-0.1, -0.05) is 55.6 Å². The summed E-state index contributed by atoms with van der Waals surface area (Å²) in [6.45, 7) is 12.0. The van der Waals surface area contributed by atoms with Crippen molar-refractivity contribution in [3.8, 4) is 6.07 Å². The van der Waals surface area contributed by atoms with Crippen molar-refractivity contribution in [3.63, 3.8) is 0 Å². The number of nitrogens with one attached hydrogen (secondary N) is 1. The van der Waals surface area contributed by atoms with Crippen LogP contribution in [0.1, 0.15) is 48.8 Å². The van der Waals surface area contributed by atoms with E-state index in [9.17, 15) is 31.6 Å². The van der Waals surface area contributed by atoms with Gasteiger partial charge >= 0.3 is 12.1 Å². The van der Waals surface area contributed by atoms with Crippen LogP contribution in [0.4, 0.5) is 13.2 Å². The van der Waals surface area contributed by atoms with Crippen molar-refractivity contribution < 1.29 is 31.1 Å². The van der Waals surface area contributed by atoms with Crippen LogP contribution in [0.15, 0.2) is 66.4 Å². The van der Waals surface area contributed by atoms with Crippen molar-refractivity contribution in [3.05, 3.63) is 88.9 Å². The number of imidazole rings is 1. The van der Waals surface area contributed by atoms with Crippen molar-refractivity contribution in [2.75, 3.05) is 6.61 Å². The predicted octanol–water partition coefficient (Wildman–Crippen LogP) is 7.09. The van der Waals surface area contributed by atoms with E-state index in [2.05, 4.69) is 36.0 Å². The Morgan fingerprint density at radius 3 is 2.56 bits per heavy atom. The zero-order chi connectivity index (χ0) is 35.2. The molecule has 5 rings (SSSR count). The lowest BCUT2D eigenvalue weighted by Gasteiger charge is -2.29. The van der Waals surface area contributed by atoms with Crippen LogP contribution in [-0.2, 0) is 26.3 Å². The van der Waals surface area contributed by atoms with Crippen LogP contribution in [0.25, 0.3) is 21.9 Å². The molecule has 0 spiro atoms. The van der Waals surface area contributed by atoms with Crippen molar-refractivity contribution in [2.45, 2.75) is 76.6 Å².